The van der Waals surface area contributed by atoms with Crippen LogP contribution in [0.15, 0.2) is 73.3 Å². The van der Waals surface area contributed by atoms with Crippen molar-refractivity contribution in [3.05, 3.63) is 110 Å². The van der Waals surface area contributed by atoms with E-state index >= 15 is 0 Å². The molecule has 0 aliphatic heterocycles. The molecule has 2 heterocycles. The molecule has 2 N–H and O–H groups in total. The third kappa shape index (κ3) is 6.21. The number of non-ortho nitro benzene ring substituents is 1. The van der Waals surface area contributed by atoms with Crippen molar-refractivity contribution in [3.63, 3.8) is 0 Å². The molecule has 0 bridgehead atoms. The largest absolute Gasteiger partial charge is 0.481 e. The molecule has 0 saturated carbocycles. The maximum Gasteiger partial charge on any atom is 0.269 e. The van der Waals surface area contributed by atoms with Gasteiger partial charge in [-0.05, 0) is 17.7 Å². The summed E-state index contributed by atoms with van der Waals surface area (Å²) < 4.78 is 7.21. The van der Waals surface area contributed by atoms with Gasteiger partial charge in [-0.25, -0.2) is 9.97 Å². The van der Waals surface area contributed by atoms with E-state index in [-0.39, 0.29) is 10.7 Å². The van der Waals surface area contributed by atoms with Crippen LogP contribution in [0.25, 0.3) is 0 Å². The standard InChI is InChI=1S/C26H24Cl2N6O3S/c1-37-23-10-9-20(14-31-23)33(25(26(29)38)21-3-2-4-22(27)24(21)28)12-11-19-13-30-16-32(19)15-17-5-7-18(8-6-17)34(35)36/h2-10,13-14,16,25H,11-12,15H2,1H3,(H2,29,38). The quantitative estimate of drug-likeness (QED) is 0.140. The third-order valence-electron chi connectivity index (χ3n) is 6.03. The van der Waals surface area contributed by atoms with Crippen molar-refractivity contribution in [3.8, 4) is 5.88 Å². The smallest absolute Gasteiger partial charge is 0.269 e. The first kappa shape index (κ1) is 27.3. The summed E-state index contributed by atoms with van der Waals surface area (Å²) >= 11 is 18.4. The molecule has 0 spiro atoms. The molecule has 0 radical (unpaired) electrons. The molecule has 1 atom stereocenters. The fourth-order valence-corrected chi connectivity index (χ4v) is 4.80. The lowest BCUT2D eigenvalue weighted by Crippen LogP contribution is -2.39. The average molecular weight is 571 g/mol. The van der Waals surface area contributed by atoms with Gasteiger partial charge in [-0.15, -0.1) is 0 Å². The predicted molar refractivity (Wildman–Crippen MR) is 152 cm³/mol. The Morgan fingerprint density at radius 1 is 1.18 bits per heavy atom. The third-order valence-corrected chi connectivity index (χ3v) is 7.08. The normalized spacial score (nSPS) is 11.7. The van der Waals surface area contributed by atoms with Crippen LogP contribution in [-0.4, -0.2) is 38.1 Å². The number of thiocarbonyl (C=S) groups is 1. The van der Waals surface area contributed by atoms with Gasteiger partial charge in [-0.3, -0.25) is 10.1 Å². The predicted octanol–water partition coefficient (Wildman–Crippen LogP) is 5.63. The summed E-state index contributed by atoms with van der Waals surface area (Å²) in [5, 5.41) is 11.7. The topological polar surface area (TPSA) is 112 Å². The van der Waals surface area contributed by atoms with Gasteiger partial charge >= 0.3 is 0 Å². The summed E-state index contributed by atoms with van der Waals surface area (Å²) in [5.41, 5.74) is 9.64. The van der Waals surface area contributed by atoms with Crippen molar-refractivity contribution in [2.45, 2.75) is 19.0 Å². The molecular weight excluding hydrogens is 547 g/mol. The fourth-order valence-electron chi connectivity index (χ4n) is 4.13. The van der Waals surface area contributed by atoms with Crippen molar-refractivity contribution in [1.82, 2.24) is 14.5 Å². The molecule has 1 unspecified atom stereocenters. The molecule has 0 saturated heterocycles. The number of imidazole rings is 1. The van der Waals surface area contributed by atoms with E-state index in [9.17, 15) is 10.1 Å². The molecular formula is C26H24Cl2N6O3S. The zero-order chi connectivity index (χ0) is 27.2. The van der Waals surface area contributed by atoms with Crippen molar-refractivity contribution in [1.29, 1.82) is 0 Å². The Balaban J connectivity index is 1.63. The lowest BCUT2D eigenvalue weighted by Gasteiger charge is -2.34. The lowest BCUT2D eigenvalue weighted by molar-refractivity contribution is -0.384. The number of ether oxygens (including phenoxy) is 1. The number of nitro groups is 1. The van der Waals surface area contributed by atoms with Gasteiger partial charge in [0.25, 0.3) is 5.69 Å². The molecule has 9 nitrogen and oxygen atoms in total. The van der Waals surface area contributed by atoms with Crippen LogP contribution in [0.4, 0.5) is 11.4 Å². The molecule has 4 aromatic rings. The van der Waals surface area contributed by atoms with Crippen molar-refractivity contribution in [2.75, 3.05) is 18.6 Å². The first-order valence-electron chi connectivity index (χ1n) is 11.5. The Bertz CT molecular complexity index is 1430. The van der Waals surface area contributed by atoms with Gasteiger partial charge in [0.1, 0.15) is 11.0 Å². The van der Waals surface area contributed by atoms with Gasteiger partial charge in [0.2, 0.25) is 5.88 Å². The second kappa shape index (κ2) is 12.2. The van der Waals surface area contributed by atoms with Crippen LogP contribution in [0.2, 0.25) is 10.0 Å². The maximum atomic E-state index is 11.0. The van der Waals surface area contributed by atoms with Crippen LogP contribution in [0.1, 0.15) is 22.9 Å². The summed E-state index contributed by atoms with van der Waals surface area (Å²) in [6, 6.07) is 14.9. The zero-order valence-corrected chi connectivity index (χ0v) is 22.7. The highest BCUT2D eigenvalue weighted by atomic mass is 35.5. The number of nitrogens with zero attached hydrogens (tertiary/aromatic N) is 5. The van der Waals surface area contributed by atoms with E-state index in [1.165, 1.54) is 12.1 Å². The van der Waals surface area contributed by atoms with Crippen LogP contribution in [0.5, 0.6) is 5.88 Å². The lowest BCUT2D eigenvalue weighted by atomic mass is 10.0. The van der Waals surface area contributed by atoms with E-state index in [4.69, 9.17) is 45.9 Å². The summed E-state index contributed by atoms with van der Waals surface area (Å²) in [5.74, 6) is 0.475. The van der Waals surface area contributed by atoms with Gasteiger partial charge in [0.05, 0.1) is 40.3 Å². The van der Waals surface area contributed by atoms with Crippen molar-refractivity contribution in [2.24, 2.45) is 5.73 Å². The molecule has 0 fully saturated rings. The van der Waals surface area contributed by atoms with E-state index in [0.717, 1.165) is 16.9 Å². The number of rotatable bonds is 11. The molecule has 4 rings (SSSR count). The molecule has 2 aromatic heterocycles. The number of nitro benzene ring substituents is 1. The van der Waals surface area contributed by atoms with E-state index in [1.807, 2.05) is 21.6 Å². The minimum absolute atomic E-state index is 0.0480. The Hall–Kier alpha value is -3.73. The minimum Gasteiger partial charge on any atom is -0.481 e. The zero-order valence-electron chi connectivity index (χ0n) is 20.3. The summed E-state index contributed by atoms with van der Waals surface area (Å²) in [4.78, 5) is 21.5. The number of hydrogen-bond donors (Lipinski definition) is 1. The molecule has 0 aliphatic carbocycles. The molecule has 0 aliphatic rings. The van der Waals surface area contributed by atoms with E-state index in [0.29, 0.717) is 41.0 Å². The van der Waals surface area contributed by atoms with Gasteiger partial charge in [-0.1, -0.05) is 59.7 Å². The molecule has 12 heteroatoms. The molecule has 38 heavy (non-hydrogen) atoms. The number of anilines is 1. The molecule has 196 valence electrons. The second-order valence-electron chi connectivity index (χ2n) is 8.39. The number of halogens is 2. The number of benzene rings is 2. The molecule has 2 aromatic carbocycles. The monoisotopic (exact) mass is 570 g/mol. The van der Waals surface area contributed by atoms with E-state index < -0.39 is 11.0 Å². The minimum atomic E-state index is -0.558. The maximum absolute atomic E-state index is 11.0. The second-order valence-corrected chi connectivity index (χ2v) is 9.64. The Labute approximate surface area is 234 Å². The summed E-state index contributed by atoms with van der Waals surface area (Å²) in [7, 11) is 1.55. The first-order valence-corrected chi connectivity index (χ1v) is 12.7. The Morgan fingerprint density at radius 2 is 1.95 bits per heavy atom. The highest BCUT2D eigenvalue weighted by Crippen LogP contribution is 2.36. The SMILES string of the molecule is COc1ccc(N(CCc2cncn2Cc2ccc([N+](=O)[O-])cc2)C(C(N)=S)c2cccc(Cl)c2Cl)cn1. The van der Waals surface area contributed by atoms with Crippen molar-refractivity contribution < 1.29 is 9.66 Å². The van der Waals surface area contributed by atoms with Crippen LogP contribution in [0, 0.1) is 10.1 Å². The number of nitrogens with two attached hydrogens (primary N) is 1. The van der Waals surface area contributed by atoms with E-state index in [1.54, 1.807) is 56.2 Å². The first-order chi connectivity index (χ1) is 18.3. The van der Waals surface area contributed by atoms with Crippen LogP contribution < -0.4 is 15.4 Å². The van der Waals surface area contributed by atoms with Gasteiger partial charge in [0, 0.05) is 55.2 Å². The highest BCUT2D eigenvalue weighted by molar-refractivity contribution is 7.80. The molecule has 0 amide bonds. The Morgan fingerprint density at radius 3 is 2.58 bits per heavy atom. The van der Waals surface area contributed by atoms with Gasteiger partial charge in [0.15, 0.2) is 0 Å². The number of pyridine rings is 1. The number of methoxy groups -OCH3 is 1. The van der Waals surface area contributed by atoms with E-state index in [2.05, 4.69) is 9.97 Å². The van der Waals surface area contributed by atoms with Crippen LogP contribution in [0.3, 0.4) is 0 Å². The van der Waals surface area contributed by atoms with Crippen molar-refractivity contribution >= 4 is 51.8 Å². The number of hydrogen-bond acceptors (Lipinski definition) is 7. The van der Waals surface area contributed by atoms with Gasteiger partial charge in [-0.2, -0.15) is 0 Å². The summed E-state index contributed by atoms with van der Waals surface area (Å²) in [6.45, 7) is 1.00. The average Bonchev–Trinajstić information content (AvgIpc) is 3.35. The Kier molecular flexibility index (Phi) is 8.77. The van der Waals surface area contributed by atoms with Crippen LogP contribution >= 0.6 is 35.4 Å². The van der Waals surface area contributed by atoms with Gasteiger partial charge < -0.3 is 19.9 Å². The summed E-state index contributed by atoms with van der Waals surface area (Å²) in [6.07, 6.45) is 5.79. The number of aromatic nitrogens is 3. The highest BCUT2D eigenvalue weighted by Gasteiger charge is 2.27. The fraction of sp³-hybridized carbons (Fsp3) is 0.192. The van der Waals surface area contributed by atoms with Crippen LogP contribution in [-0.2, 0) is 13.0 Å².